The van der Waals surface area contributed by atoms with Crippen molar-refractivity contribution >= 4 is 5.91 Å². The van der Waals surface area contributed by atoms with E-state index in [9.17, 15) is 9.59 Å². The van der Waals surface area contributed by atoms with Crippen molar-refractivity contribution in [3.8, 4) is 0 Å². The first-order valence-corrected chi connectivity index (χ1v) is 7.11. The predicted octanol–water partition coefficient (Wildman–Crippen LogP) is 2.44. The molecule has 1 aromatic carbocycles. The Morgan fingerprint density at radius 3 is 2.52 bits per heavy atom. The van der Waals surface area contributed by atoms with Crippen molar-refractivity contribution in [2.24, 2.45) is 7.05 Å². The Hall–Kier alpha value is -2.36. The van der Waals surface area contributed by atoms with Crippen LogP contribution in [0.1, 0.15) is 29.3 Å². The van der Waals surface area contributed by atoms with E-state index < -0.39 is 0 Å². The van der Waals surface area contributed by atoms with E-state index in [1.54, 1.807) is 24.2 Å². The summed E-state index contributed by atoms with van der Waals surface area (Å²) in [6.07, 6.45) is 2.51. The first-order chi connectivity index (χ1) is 10.1. The lowest BCUT2D eigenvalue weighted by Gasteiger charge is -2.22. The molecule has 21 heavy (non-hydrogen) atoms. The van der Waals surface area contributed by atoms with Crippen LogP contribution in [-0.4, -0.2) is 21.9 Å². The molecule has 0 radical (unpaired) electrons. The van der Waals surface area contributed by atoms with E-state index in [1.807, 2.05) is 37.3 Å². The summed E-state index contributed by atoms with van der Waals surface area (Å²) in [4.78, 5) is 26.0. The first-order valence-electron chi connectivity index (χ1n) is 7.11. The summed E-state index contributed by atoms with van der Waals surface area (Å²) in [5.74, 6) is -0.0987. The normalized spacial score (nSPS) is 10.4. The minimum atomic E-state index is -0.169. The molecule has 0 atom stereocenters. The lowest BCUT2D eigenvalue weighted by molar-refractivity contribution is 0.0743. The Balaban J connectivity index is 2.22. The molecule has 2 aromatic rings. The van der Waals surface area contributed by atoms with Gasteiger partial charge < -0.3 is 9.47 Å². The van der Waals surface area contributed by atoms with Crippen molar-refractivity contribution in [3.63, 3.8) is 0 Å². The van der Waals surface area contributed by atoms with Gasteiger partial charge in [-0.25, -0.2) is 0 Å². The van der Waals surface area contributed by atoms with E-state index in [-0.39, 0.29) is 11.5 Å². The van der Waals surface area contributed by atoms with Crippen molar-refractivity contribution in [1.82, 2.24) is 9.47 Å². The van der Waals surface area contributed by atoms with E-state index in [2.05, 4.69) is 0 Å². The average molecular weight is 284 g/mol. The molecule has 0 saturated heterocycles. The van der Waals surface area contributed by atoms with Gasteiger partial charge in [-0.3, -0.25) is 9.59 Å². The summed E-state index contributed by atoms with van der Waals surface area (Å²) in [5.41, 5.74) is 1.36. The number of rotatable bonds is 5. The maximum atomic E-state index is 12.6. The smallest absolute Gasteiger partial charge is 0.254 e. The maximum absolute atomic E-state index is 12.6. The fraction of sp³-hybridized carbons (Fsp3) is 0.294. The molecule has 1 heterocycles. The van der Waals surface area contributed by atoms with Crippen molar-refractivity contribution < 1.29 is 4.79 Å². The minimum absolute atomic E-state index is 0.0987. The molecule has 0 spiro atoms. The Kier molecular flexibility index (Phi) is 4.93. The fourth-order valence-corrected chi connectivity index (χ4v) is 2.19. The lowest BCUT2D eigenvalue weighted by Crippen LogP contribution is -2.32. The van der Waals surface area contributed by atoms with E-state index in [0.717, 1.165) is 12.0 Å². The zero-order valence-electron chi connectivity index (χ0n) is 12.5. The van der Waals surface area contributed by atoms with Crippen LogP contribution in [0.25, 0.3) is 0 Å². The van der Waals surface area contributed by atoms with Crippen LogP contribution in [0.15, 0.2) is 53.5 Å². The SMILES string of the molecule is CCCN(Cc1ccccc1)C(=O)c1ccn(C)c(=O)c1. The first kappa shape index (κ1) is 15.0. The maximum Gasteiger partial charge on any atom is 0.254 e. The molecule has 0 aliphatic carbocycles. The second-order valence-electron chi connectivity index (χ2n) is 5.08. The number of amides is 1. The number of hydrogen-bond donors (Lipinski definition) is 0. The fourth-order valence-electron chi connectivity index (χ4n) is 2.19. The van der Waals surface area contributed by atoms with Crippen LogP contribution < -0.4 is 5.56 Å². The topological polar surface area (TPSA) is 42.3 Å². The number of hydrogen-bond acceptors (Lipinski definition) is 2. The molecule has 0 aliphatic heterocycles. The third-order valence-corrected chi connectivity index (χ3v) is 3.35. The van der Waals surface area contributed by atoms with Gasteiger partial charge in [0.25, 0.3) is 11.5 Å². The monoisotopic (exact) mass is 284 g/mol. The molecular weight excluding hydrogens is 264 g/mol. The number of carbonyl (C=O) groups is 1. The molecule has 110 valence electrons. The number of carbonyl (C=O) groups excluding carboxylic acids is 1. The van der Waals surface area contributed by atoms with E-state index >= 15 is 0 Å². The molecule has 0 aliphatic rings. The summed E-state index contributed by atoms with van der Waals surface area (Å²) in [5, 5.41) is 0. The summed E-state index contributed by atoms with van der Waals surface area (Å²) in [6, 6.07) is 13.0. The number of pyridine rings is 1. The van der Waals surface area contributed by atoms with Gasteiger partial charge >= 0.3 is 0 Å². The molecule has 0 fully saturated rings. The summed E-state index contributed by atoms with van der Waals surface area (Å²) < 4.78 is 1.46. The molecule has 0 N–H and O–H groups in total. The zero-order chi connectivity index (χ0) is 15.2. The van der Waals surface area contributed by atoms with E-state index in [0.29, 0.717) is 18.7 Å². The highest BCUT2D eigenvalue weighted by Gasteiger charge is 2.16. The molecular formula is C17H20N2O2. The van der Waals surface area contributed by atoms with Crippen molar-refractivity contribution in [1.29, 1.82) is 0 Å². The number of benzene rings is 1. The number of nitrogens with zero attached hydrogens (tertiary/aromatic N) is 2. The van der Waals surface area contributed by atoms with Gasteiger partial charge in [-0.1, -0.05) is 37.3 Å². The molecule has 4 heteroatoms. The highest BCUT2D eigenvalue weighted by molar-refractivity contribution is 5.94. The van der Waals surface area contributed by atoms with Gasteiger partial charge in [0.05, 0.1) is 0 Å². The molecule has 0 saturated carbocycles. The molecule has 0 bridgehead atoms. The highest BCUT2D eigenvalue weighted by Crippen LogP contribution is 2.09. The van der Waals surface area contributed by atoms with E-state index in [4.69, 9.17) is 0 Å². The third kappa shape index (κ3) is 3.81. The molecule has 4 nitrogen and oxygen atoms in total. The zero-order valence-corrected chi connectivity index (χ0v) is 12.5. The Labute approximate surface area is 124 Å². The molecule has 2 rings (SSSR count). The van der Waals surface area contributed by atoms with Gasteiger partial charge in [-0.15, -0.1) is 0 Å². The van der Waals surface area contributed by atoms with Gasteiger partial charge in [0.1, 0.15) is 0 Å². The van der Waals surface area contributed by atoms with Crippen LogP contribution in [0.5, 0.6) is 0 Å². The Bertz CT molecular complexity index is 662. The quantitative estimate of drug-likeness (QED) is 0.846. The number of aromatic nitrogens is 1. The largest absolute Gasteiger partial charge is 0.334 e. The predicted molar refractivity (Wildman–Crippen MR) is 83.2 cm³/mol. The highest BCUT2D eigenvalue weighted by atomic mass is 16.2. The van der Waals surface area contributed by atoms with Gasteiger partial charge in [0.15, 0.2) is 0 Å². The third-order valence-electron chi connectivity index (χ3n) is 3.35. The lowest BCUT2D eigenvalue weighted by atomic mass is 10.1. The van der Waals surface area contributed by atoms with Crippen LogP contribution in [0, 0.1) is 0 Å². The standard InChI is InChI=1S/C17H20N2O2/c1-3-10-19(13-14-7-5-4-6-8-14)17(21)15-9-11-18(2)16(20)12-15/h4-9,11-12H,3,10,13H2,1-2H3. The van der Waals surface area contributed by atoms with Gasteiger partial charge in [0.2, 0.25) is 0 Å². The molecule has 1 amide bonds. The van der Waals surface area contributed by atoms with E-state index in [1.165, 1.54) is 10.6 Å². The van der Waals surface area contributed by atoms with Crippen molar-refractivity contribution in [3.05, 3.63) is 70.1 Å². The second kappa shape index (κ2) is 6.88. The van der Waals surface area contributed by atoms with Crippen molar-refractivity contribution in [2.75, 3.05) is 6.54 Å². The van der Waals surface area contributed by atoms with Crippen LogP contribution in [0.2, 0.25) is 0 Å². The molecule has 0 unspecified atom stereocenters. The molecule has 1 aromatic heterocycles. The summed E-state index contributed by atoms with van der Waals surface area (Å²) >= 11 is 0. The Morgan fingerprint density at radius 2 is 1.90 bits per heavy atom. The van der Waals surface area contributed by atoms with Gasteiger partial charge in [0, 0.05) is 38.0 Å². The van der Waals surface area contributed by atoms with Crippen LogP contribution in [-0.2, 0) is 13.6 Å². The number of aryl methyl sites for hydroxylation is 1. The second-order valence-corrected chi connectivity index (χ2v) is 5.08. The van der Waals surface area contributed by atoms with Crippen LogP contribution in [0.3, 0.4) is 0 Å². The summed E-state index contributed by atoms with van der Waals surface area (Å²) in [6.45, 7) is 3.26. The van der Waals surface area contributed by atoms with Crippen LogP contribution >= 0.6 is 0 Å². The van der Waals surface area contributed by atoms with Gasteiger partial charge in [-0.05, 0) is 18.1 Å². The van der Waals surface area contributed by atoms with Crippen molar-refractivity contribution in [2.45, 2.75) is 19.9 Å². The summed E-state index contributed by atoms with van der Waals surface area (Å²) in [7, 11) is 1.67. The average Bonchev–Trinajstić information content (AvgIpc) is 2.50. The van der Waals surface area contributed by atoms with Gasteiger partial charge in [-0.2, -0.15) is 0 Å². The minimum Gasteiger partial charge on any atom is -0.334 e. The van der Waals surface area contributed by atoms with Crippen LogP contribution in [0.4, 0.5) is 0 Å². The Morgan fingerprint density at radius 1 is 1.19 bits per heavy atom.